The molecular weight excluding hydrogens is 248 g/mol. The molecule has 0 unspecified atom stereocenters. The molecule has 0 fully saturated rings. The molecule has 0 spiro atoms. The van der Waals surface area contributed by atoms with Gasteiger partial charge in [0.15, 0.2) is 0 Å². The van der Waals surface area contributed by atoms with Gasteiger partial charge in [-0.1, -0.05) is 0 Å². The Morgan fingerprint density at radius 1 is 1.32 bits per heavy atom. The van der Waals surface area contributed by atoms with Gasteiger partial charge in [0.25, 0.3) is 0 Å². The van der Waals surface area contributed by atoms with Gasteiger partial charge in [0.05, 0.1) is 16.9 Å². The van der Waals surface area contributed by atoms with Gasteiger partial charge in [-0.25, -0.2) is 4.79 Å². The van der Waals surface area contributed by atoms with Crippen molar-refractivity contribution in [1.29, 1.82) is 0 Å². The van der Waals surface area contributed by atoms with E-state index in [0.717, 1.165) is 24.5 Å². The van der Waals surface area contributed by atoms with Crippen molar-refractivity contribution in [3.05, 3.63) is 23.8 Å². The zero-order valence-electron chi connectivity index (χ0n) is 10.4. The summed E-state index contributed by atoms with van der Waals surface area (Å²) in [4.78, 5) is 23.5. The van der Waals surface area contributed by atoms with E-state index >= 15 is 0 Å². The fourth-order valence-electron chi connectivity index (χ4n) is 2.19. The normalized spacial score (nSPS) is 13.6. The number of hydrogen-bond acceptors (Lipinski definition) is 4. The van der Waals surface area contributed by atoms with Crippen molar-refractivity contribution >= 4 is 23.3 Å². The van der Waals surface area contributed by atoms with E-state index in [9.17, 15) is 9.59 Å². The van der Waals surface area contributed by atoms with Gasteiger partial charge < -0.3 is 20.4 Å². The predicted octanol–water partition coefficient (Wildman–Crippen LogP) is 1.48. The zero-order valence-corrected chi connectivity index (χ0v) is 10.4. The molecule has 1 aliphatic rings. The minimum atomic E-state index is -0.951. The average molecular weight is 264 g/mol. The first kappa shape index (κ1) is 13.2. The molecule has 0 saturated heterocycles. The number of aliphatic carboxylic acids is 1. The fraction of sp³-hybridized carbons (Fsp3) is 0.385. The molecular formula is C13H16N2O4. The first-order valence-corrected chi connectivity index (χ1v) is 6.16. The Kier molecular flexibility index (Phi) is 3.89. The molecule has 0 bridgehead atoms. The minimum absolute atomic E-state index is 0.145. The second-order valence-corrected chi connectivity index (χ2v) is 4.45. The maximum absolute atomic E-state index is 10.9. The summed E-state index contributed by atoms with van der Waals surface area (Å²) in [7, 11) is 0. The molecule has 0 aromatic heterocycles. The van der Waals surface area contributed by atoms with Crippen molar-refractivity contribution in [3.63, 3.8) is 0 Å². The number of aromatic carboxylic acids is 1. The first-order valence-electron chi connectivity index (χ1n) is 6.16. The summed E-state index contributed by atoms with van der Waals surface area (Å²) in [6.45, 7) is 2.18. The van der Waals surface area contributed by atoms with Gasteiger partial charge in [-0.2, -0.15) is 0 Å². The van der Waals surface area contributed by atoms with Crippen LogP contribution in [0.15, 0.2) is 18.2 Å². The van der Waals surface area contributed by atoms with E-state index in [1.165, 1.54) is 0 Å². The van der Waals surface area contributed by atoms with Gasteiger partial charge in [0, 0.05) is 26.1 Å². The van der Waals surface area contributed by atoms with Gasteiger partial charge in [-0.15, -0.1) is 0 Å². The Morgan fingerprint density at radius 3 is 2.79 bits per heavy atom. The van der Waals surface area contributed by atoms with Gasteiger partial charge in [-0.3, -0.25) is 4.79 Å². The second-order valence-electron chi connectivity index (χ2n) is 4.45. The van der Waals surface area contributed by atoms with Gasteiger partial charge >= 0.3 is 11.9 Å². The Morgan fingerprint density at radius 2 is 2.11 bits per heavy atom. The molecule has 6 nitrogen and oxygen atoms in total. The van der Waals surface area contributed by atoms with E-state index in [1.807, 2.05) is 0 Å². The topological polar surface area (TPSA) is 89.9 Å². The van der Waals surface area contributed by atoms with Crippen LogP contribution in [0.25, 0.3) is 0 Å². The summed E-state index contributed by atoms with van der Waals surface area (Å²) in [5, 5.41) is 20.8. The Bertz CT molecular complexity index is 501. The number of carboxylic acid groups (broad SMARTS) is 2. The fourth-order valence-corrected chi connectivity index (χ4v) is 2.19. The number of nitrogens with zero attached hydrogens (tertiary/aromatic N) is 1. The highest BCUT2D eigenvalue weighted by atomic mass is 16.4. The van der Waals surface area contributed by atoms with Crippen molar-refractivity contribution in [2.45, 2.75) is 12.8 Å². The molecule has 6 heteroatoms. The first-order chi connectivity index (χ1) is 9.08. The smallest absolute Gasteiger partial charge is 0.335 e. The number of fused-ring (bicyclic) bond motifs is 1. The number of anilines is 2. The van der Waals surface area contributed by atoms with E-state index in [1.54, 1.807) is 18.2 Å². The number of nitrogens with one attached hydrogen (secondary N) is 1. The lowest BCUT2D eigenvalue weighted by Gasteiger charge is -2.32. The highest BCUT2D eigenvalue weighted by molar-refractivity contribution is 5.91. The number of carbonyl (C=O) groups is 2. The largest absolute Gasteiger partial charge is 0.481 e. The number of hydrogen-bond donors (Lipinski definition) is 3. The van der Waals surface area contributed by atoms with Crippen LogP contribution in [-0.2, 0) is 4.79 Å². The Hall–Kier alpha value is -2.24. The Labute approximate surface area is 110 Å². The van der Waals surface area contributed by atoms with Crippen LogP contribution in [0.5, 0.6) is 0 Å². The van der Waals surface area contributed by atoms with Crippen LogP contribution in [-0.4, -0.2) is 41.8 Å². The monoisotopic (exact) mass is 264 g/mol. The molecule has 0 radical (unpaired) electrons. The Balaban J connectivity index is 2.11. The maximum atomic E-state index is 10.9. The van der Waals surface area contributed by atoms with E-state index < -0.39 is 11.9 Å². The minimum Gasteiger partial charge on any atom is -0.481 e. The molecule has 2 rings (SSSR count). The van der Waals surface area contributed by atoms with Crippen molar-refractivity contribution in [2.24, 2.45) is 0 Å². The number of benzene rings is 1. The van der Waals surface area contributed by atoms with E-state index in [0.29, 0.717) is 13.0 Å². The number of carboxylic acids is 2. The van der Waals surface area contributed by atoms with Gasteiger partial charge in [0.1, 0.15) is 0 Å². The predicted molar refractivity (Wildman–Crippen MR) is 71.0 cm³/mol. The third-order valence-corrected chi connectivity index (χ3v) is 3.10. The van der Waals surface area contributed by atoms with Crippen LogP contribution in [0.2, 0.25) is 0 Å². The molecule has 0 saturated carbocycles. The quantitative estimate of drug-likeness (QED) is 0.746. The molecule has 0 atom stereocenters. The van der Waals surface area contributed by atoms with Crippen LogP contribution in [0.3, 0.4) is 0 Å². The molecule has 1 aromatic carbocycles. The van der Waals surface area contributed by atoms with Crippen LogP contribution >= 0.6 is 0 Å². The van der Waals surface area contributed by atoms with Crippen molar-refractivity contribution in [1.82, 2.24) is 0 Å². The second kappa shape index (κ2) is 5.60. The molecule has 0 aliphatic carbocycles. The van der Waals surface area contributed by atoms with Crippen molar-refractivity contribution < 1.29 is 19.8 Å². The summed E-state index contributed by atoms with van der Waals surface area (Å²) in [6.07, 6.45) is 0.724. The van der Waals surface area contributed by atoms with Crippen molar-refractivity contribution in [3.8, 4) is 0 Å². The third kappa shape index (κ3) is 3.15. The standard InChI is InChI=1S/C13H16N2O4/c16-12(17)2-1-6-15-7-5-14-10-8-9(13(18)19)3-4-11(10)15/h3-4,8,14H,1-2,5-7H2,(H,16,17)(H,18,19). The highest BCUT2D eigenvalue weighted by Crippen LogP contribution is 2.30. The highest BCUT2D eigenvalue weighted by Gasteiger charge is 2.18. The van der Waals surface area contributed by atoms with Crippen LogP contribution in [0.1, 0.15) is 23.2 Å². The van der Waals surface area contributed by atoms with Gasteiger partial charge in [0.2, 0.25) is 0 Å². The third-order valence-electron chi connectivity index (χ3n) is 3.10. The van der Waals surface area contributed by atoms with E-state index in [-0.39, 0.29) is 12.0 Å². The van der Waals surface area contributed by atoms with Crippen LogP contribution in [0.4, 0.5) is 11.4 Å². The van der Waals surface area contributed by atoms with E-state index in [2.05, 4.69) is 10.2 Å². The zero-order chi connectivity index (χ0) is 13.8. The molecule has 0 amide bonds. The van der Waals surface area contributed by atoms with Crippen LogP contribution in [0, 0.1) is 0 Å². The molecule has 19 heavy (non-hydrogen) atoms. The molecule has 1 aromatic rings. The van der Waals surface area contributed by atoms with Crippen molar-refractivity contribution in [2.75, 3.05) is 29.9 Å². The molecule has 102 valence electrons. The van der Waals surface area contributed by atoms with Gasteiger partial charge in [-0.05, 0) is 24.6 Å². The maximum Gasteiger partial charge on any atom is 0.335 e. The molecule has 1 heterocycles. The van der Waals surface area contributed by atoms with E-state index in [4.69, 9.17) is 10.2 Å². The molecule has 3 N–H and O–H groups in total. The average Bonchev–Trinajstić information content (AvgIpc) is 2.37. The lowest BCUT2D eigenvalue weighted by atomic mass is 10.1. The summed E-state index contributed by atoms with van der Waals surface area (Å²) < 4.78 is 0. The van der Waals surface area contributed by atoms with Crippen LogP contribution < -0.4 is 10.2 Å². The lowest BCUT2D eigenvalue weighted by Crippen LogP contribution is -2.35. The summed E-state index contributed by atoms with van der Waals surface area (Å²) >= 11 is 0. The molecule has 1 aliphatic heterocycles. The lowest BCUT2D eigenvalue weighted by molar-refractivity contribution is -0.137. The summed E-state index contributed by atoms with van der Waals surface area (Å²) in [6, 6.07) is 4.95. The SMILES string of the molecule is O=C(O)CCCN1CCNc2cc(C(=O)O)ccc21. The number of rotatable bonds is 5. The summed E-state index contributed by atoms with van der Waals surface area (Å²) in [5.74, 6) is -1.75. The summed E-state index contributed by atoms with van der Waals surface area (Å²) in [5.41, 5.74) is 1.97.